The zero-order valence-corrected chi connectivity index (χ0v) is 19.5. The molecular weight excluding hydrogens is 394 g/mol. The summed E-state index contributed by atoms with van der Waals surface area (Å²) in [6, 6.07) is 24.5. The molecule has 4 nitrogen and oxygen atoms in total. The molecule has 0 bridgehead atoms. The molecule has 0 aliphatic heterocycles. The highest BCUT2D eigenvalue weighted by Gasteiger charge is 2.17. The molecule has 0 radical (unpaired) electrons. The molecule has 0 aliphatic rings. The molecule has 4 heteroatoms. The van der Waals surface area contributed by atoms with Gasteiger partial charge in [0.05, 0.1) is 11.0 Å². The normalized spacial score (nSPS) is 11.8. The van der Waals surface area contributed by atoms with E-state index in [0.717, 1.165) is 28.1 Å². The number of anilines is 1. The van der Waals surface area contributed by atoms with E-state index in [2.05, 4.69) is 76.3 Å². The summed E-state index contributed by atoms with van der Waals surface area (Å²) >= 11 is 0. The first kappa shape index (κ1) is 21.8. The van der Waals surface area contributed by atoms with Crippen molar-refractivity contribution in [2.45, 2.75) is 52.5 Å². The van der Waals surface area contributed by atoms with Crippen LogP contribution in [-0.4, -0.2) is 15.5 Å². The number of nitrogens with zero attached hydrogens (tertiary/aromatic N) is 2. The second-order valence-corrected chi connectivity index (χ2v) is 9.66. The number of para-hydroxylation sites is 2. The van der Waals surface area contributed by atoms with Gasteiger partial charge in [-0.2, -0.15) is 0 Å². The first-order valence-corrected chi connectivity index (χ1v) is 11.2. The molecule has 1 aromatic heterocycles. The lowest BCUT2D eigenvalue weighted by atomic mass is 9.87. The molecule has 0 saturated carbocycles. The second-order valence-electron chi connectivity index (χ2n) is 9.66. The van der Waals surface area contributed by atoms with Crippen molar-refractivity contribution in [2.24, 2.45) is 0 Å². The first-order valence-electron chi connectivity index (χ1n) is 11.2. The number of imidazole rings is 1. The Hall–Kier alpha value is -3.40. The Morgan fingerprint density at radius 3 is 2.22 bits per heavy atom. The summed E-state index contributed by atoms with van der Waals surface area (Å²) in [4.78, 5) is 17.8. The van der Waals surface area contributed by atoms with E-state index in [1.54, 1.807) is 0 Å². The summed E-state index contributed by atoms with van der Waals surface area (Å²) in [6.07, 6.45) is 0. The van der Waals surface area contributed by atoms with Gasteiger partial charge in [0.2, 0.25) is 5.91 Å². The molecular formula is C28H31N3O. The first-order chi connectivity index (χ1) is 15.2. The van der Waals surface area contributed by atoms with E-state index in [4.69, 9.17) is 4.98 Å². The van der Waals surface area contributed by atoms with Crippen LogP contribution in [0.2, 0.25) is 0 Å². The fourth-order valence-corrected chi connectivity index (χ4v) is 3.87. The number of hydrogen-bond donors (Lipinski definition) is 1. The summed E-state index contributed by atoms with van der Waals surface area (Å²) in [5.74, 6) is 1.19. The largest absolute Gasteiger partial charge is 0.325 e. The van der Waals surface area contributed by atoms with Crippen LogP contribution in [0.1, 0.15) is 51.7 Å². The van der Waals surface area contributed by atoms with E-state index in [9.17, 15) is 4.79 Å². The van der Waals surface area contributed by atoms with Crippen LogP contribution in [0.3, 0.4) is 0 Å². The number of hydrogen-bond acceptors (Lipinski definition) is 2. The van der Waals surface area contributed by atoms with Crippen molar-refractivity contribution in [3.63, 3.8) is 0 Å². The molecule has 0 unspecified atom stereocenters. The molecule has 0 fully saturated rings. The van der Waals surface area contributed by atoms with Crippen LogP contribution >= 0.6 is 0 Å². The maximum absolute atomic E-state index is 13.0. The zero-order chi connectivity index (χ0) is 22.9. The van der Waals surface area contributed by atoms with Crippen LogP contribution in [0.25, 0.3) is 22.4 Å². The van der Waals surface area contributed by atoms with Crippen molar-refractivity contribution in [3.05, 3.63) is 83.9 Å². The Labute approximate surface area is 190 Å². The molecule has 0 aliphatic carbocycles. The summed E-state index contributed by atoms with van der Waals surface area (Å²) < 4.78 is 2.00. The average Bonchev–Trinajstić information content (AvgIpc) is 3.12. The average molecular weight is 426 g/mol. The second kappa shape index (κ2) is 8.62. The highest BCUT2D eigenvalue weighted by atomic mass is 16.1. The van der Waals surface area contributed by atoms with Gasteiger partial charge in [0.15, 0.2) is 0 Å². The number of carbonyl (C=O) groups excluding carboxylic acids is 1. The lowest BCUT2D eigenvalue weighted by molar-refractivity contribution is -0.116. The number of aromatic nitrogens is 2. The Balaban J connectivity index is 1.63. The van der Waals surface area contributed by atoms with E-state index in [1.807, 2.05) is 41.0 Å². The molecule has 3 aromatic carbocycles. The maximum atomic E-state index is 13.0. The van der Waals surface area contributed by atoms with Crippen molar-refractivity contribution < 1.29 is 4.79 Å². The molecule has 0 spiro atoms. The minimum absolute atomic E-state index is 0.0713. The molecule has 1 heterocycles. The Morgan fingerprint density at radius 2 is 1.59 bits per heavy atom. The number of amides is 1. The van der Waals surface area contributed by atoms with Gasteiger partial charge >= 0.3 is 0 Å². The number of benzene rings is 3. The quantitative estimate of drug-likeness (QED) is 0.384. The fourth-order valence-electron chi connectivity index (χ4n) is 3.87. The Morgan fingerprint density at radius 1 is 0.938 bits per heavy atom. The lowest BCUT2D eigenvalue weighted by Gasteiger charge is -2.19. The van der Waals surface area contributed by atoms with E-state index >= 15 is 0 Å². The fraction of sp³-hybridized carbons (Fsp3) is 0.286. The molecule has 32 heavy (non-hydrogen) atoms. The van der Waals surface area contributed by atoms with Crippen molar-refractivity contribution in [3.8, 4) is 11.4 Å². The van der Waals surface area contributed by atoms with Gasteiger partial charge in [-0.25, -0.2) is 4.98 Å². The van der Waals surface area contributed by atoms with Crippen LogP contribution in [0, 0.1) is 0 Å². The molecule has 4 aromatic rings. The standard InChI is InChI=1S/C28H31N3O/c1-19(2)20-12-16-23(17-13-20)29-26(32)18-31-25-9-7-6-8-24(25)30-27(31)21-10-14-22(15-11-21)28(3,4)5/h6-17,19H,18H2,1-5H3,(H,29,32). The number of carbonyl (C=O) groups is 1. The van der Waals surface area contributed by atoms with Crippen molar-refractivity contribution >= 4 is 22.6 Å². The van der Waals surface area contributed by atoms with E-state index in [-0.39, 0.29) is 17.9 Å². The molecule has 0 saturated heterocycles. The van der Waals surface area contributed by atoms with Gasteiger partial charge in [-0.15, -0.1) is 0 Å². The van der Waals surface area contributed by atoms with Gasteiger partial charge in [0.1, 0.15) is 12.4 Å². The Kier molecular flexibility index (Phi) is 5.88. The minimum atomic E-state index is -0.0713. The highest BCUT2D eigenvalue weighted by molar-refractivity contribution is 5.92. The van der Waals surface area contributed by atoms with Gasteiger partial charge in [-0.3, -0.25) is 4.79 Å². The Bertz CT molecular complexity index is 1230. The van der Waals surface area contributed by atoms with Crippen molar-refractivity contribution in [1.82, 2.24) is 9.55 Å². The summed E-state index contributed by atoms with van der Waals surface area (Å²) in [7, 11) is 0. The summed E-state index contributed by atoms with van der Waals surface area (Å²) in [5.41, 5.74) is 6.26. The van der Waals surface area contributed by atoms with Crippen LogP contribution in [-0.2, 0) is 16.8 Å². The van der Waals surface area contributed by atoms with E-state index in [0.29, 0.717) is 5.92 Å². The predicted octanol–water partition coefficient (Wildman–Crippen LogP) is 6.76. The molecule has 4 rings (SSSR count). The van der Waals surface area contributed by atoms with Crippen molar-refractivity contribution in [2.75, 3.05) is 5.32 Å². The maximum Gasteiger partial charge on any atom is 0.244 e. The third kappa shape index (κ3) is 4.59. The monoisotopic (exact) mass is 425 g/mol. The third-order valence-electron chi connectivity index (χ3n) is 5.83. The van der Waals surface area contributed by atoms with Gasteiger partial charge in [-0.1, -0.05) is 83.1 Å². The van der Waals surface area contributed by atoms with Gasteiger partial charge in [0, 0.05) is 11.3 Å². The van der Waals surface area contributed by atoms with E-state index in [1.165, 1.54) is 11.1 Å². The van der Waals surface area contributed by atoms with Crippen LogP contribution in [0.4, 0.5) is 5.69 Å². The van der Waals surface area contributed by atoms with Crippen molar-refractivity contribution in [1.29, 1.82) is 0 Å². The third-order valence-corrected chi connectivity index (χ3v) is 5.83. The molecule has 1 N–H and O–H groups in total. The highest BCUT2D eigenvalue weighted by Crippen LogP contribution is 2.28. The predicted molar refractivity (Wildman–Crippen MR) is 133 cm³/mol. The zero-order valence-electron chi connectivity index (χ0n) is 19.5. The van der Waals surface area contributed by atoms with Crippen LogP contribution < -0.4 is 5.32 Å². The van der Waals surface area contributed by atoms with Crippen LogP contribution in [0.5, 0.6) is 0 Å². The van der Waals surface area contributed by atoms with Crippen LogP contribution in [0.15, 0.2) is 72.8 Å². The molecule has 1 amide bonds. The van der Waals surface area contributed by atoms with Gasteiger partial charge < -0.3 is 9.88 Å². The minimum Gasteiger partial charge on any atom is -0.325 e. The molecule has 0 atom stereocenters. The number of rotatable bonds is 5. The number of fused-ring (bicyclic) bond motifs is 1. The molecule has 164 valence electrons. The number of nitrogens with one attached hydrogen (secondary N) is 1. The van der Waals surface area contributed by atoms with Gasteiger partial charge in [0.25, 0.3) is 0 Å². The smallest absolute Gasteiger partial charge is 0.244 e. The SMILES string of the molecule is CC(C)c1ccc(NC(=O)Cn2c(-c3ccc(C(C)(C)C)cc3)nc3ccccc32)cc1. The topological polar surface area (TPSA) is 46.9 Å². The van der Waals surface area contributed by atoms with E-state index < -0.39 is 0 Å². The van der Waals surface area contributed by atoms with Gasteiger partial charge in [-0.05, 0) is 46.7 Å². The summed E-state index contributed by atoms with van der Waals surface area (Å²) in [6.45, 7) is 11.1. The summed E-state index contributed by atoms with van der Waals surface area (Å²) in [5, 5.41) is 3.03. The lowest BCUT2D eigenvalue weighted by Crippen LogP contribution is -2.19.